The van der Waals surface area contributed by atoms with Gasteiger partial charge in [-0.3, -0.25) is 9.78 Å². The molecule has 1 heterocycles. The molecule has 0 saturated heterocycles. The first kappa shape index (κ1) is 12.2. The first-order valence-electron chi connectivity index (χ1n) is 6.13. The summed E-state index contributed by atoms with van der Waals surface area (Å²) in [7, 11) is 0. The Bertz CT molecular complexity index is 807. The smallest absolute Gasteiger partial charge is 0.249 e. The van der Waals surface area contributed by atoms with E-state index in [1.807, 2.05) is 24.3 Å². The minimum absolute atomic E-state index is 0.0180. The number of carbonyl (C=O) groups is 1. The Morgan fingerprint density at radius 2 is 1.95 bits per heavy atom. The van der Waals surface area contributed by atoms with Gasteiger partial charge in [-0.2, -0.15) is 0 Å². The quantitative estimate of drug-likeness (QED) is 0.747. The van der Waals surface area contributed by atoms with Crippen LogP contribution in [0.5, 0.6) is 5.75 Å². The molecule has 3 rings (SSSR count). The zero-order valence-corrected chi connectivity index (χ0v) is 10.6. The number of pyridine rings is 1. The van der Waals surface area contributed by atoms with E-state index in [0.717, 1.165) is 16.3 Å². The van der Waals surface area contributed by atoms with Crippen molar-refractivity contribution in [1.29, 1.82) is 0 Å². The van der Waals surface area contributed by atoms with Crippen molar-refractivity contribution in [2.75, 3.05) is 0 Å². The lowest BCUT2D eigenvalue weighted by molar-refractivity contribution is 0.100. The third-order valence-electron chi connectivity index (χ3n) is 3.24. The molecule has 3 aromatic rings. The van der Waals surface area contributed by atoms with Crippen molar-refractivity contribution < 1.29 is 9.90 Å². The van der Waals surface area contributed by atoms with Crippen LogP contribution in [0.3, 0.4) is 0 Å². The maximum Gasteiger partial charge on any atom is 0.249 e. The lowest BCUT2D eigenvalue weighted by Gasteiger charge is -2.10. The molecule has 2 aromatic carbocycles. The number of amides is 1. The molecule has 0 atom stereocenters. The molecule has 4 nitrogen and oxygen atoms in total. The minimum Gasteiger partial charge on any atom is -0.508 e. The summed E-state index contributed by atoms with van der Waals surface area (Å²) in [6.45, 7) is 0. The van der Waals surface area contributed by atoms with Gasteiger partial charge in [-0.15, -0.1) is 0 Å². The fourth-order valence-corrected chi connectivity index (χ4v) is 2.33. The van der Waals surface area contributed by atoms with Crippen LogP contribution in [0.15, 0.2) is 54.9 Å². The lowest BCUT2D eigenvalue weighted by atomic mass is 9.95. The van der Waals surface area contributed by atoms with Gasteiger partial charge in [0.15, 0.2) is 0 Å². The number of nitrogens with two attached hydrogens (primary N) is 1. The summed E-state index contributed by atoms with van der Waals surface area (Å²) >= 11 is 0. The van der Waals surface area contributed by atoms with E-state index in [-0.39, 0.29) is 5.75 Å². The molecule has 20 heavy (non-hydrogen) atoms. The number of hydrogen-bond acceptors (Lipinski definition) is 3. The third kappa shape index (κ3) is 1.97. The van der Waals surface area contributed by atoms with E-state index < -0.39 is 5.91 Å². The van der Waals surface area contributed by atoms with Crippen LogP contribution in [0.4, 0.5) is 0 Å². The van der Waals surface area contributed by atoms with Crippen molar-refractivity contribution in [3.63, 3.8) is 0 Å². The normalized spacial score (nSPS) is 10.6. The number of aromatic nitrogens is 1. The van der Waals surface area contributed by atoms with E-state index in [9.17, 15) is 9.90 Å². The van der Waals surface area contributed by atoms with Gasteiger partial charge in [0.05, 0.1) is 5.56 Å². The molecule has 4 heteroatoms. The highest BCUT2D eigenvalue weighted by molar-refractivity contribution is 6.05. The van der Waals surface area contributed by atoms with Crippen molar-refractivity contribution in [3.05, 3.63) is 60.4 Å². The number of nitrogens with zero attached hydrogens (tertiary/aromatic N) is 1. The number of aromatic hydroxyl groups is 1. The molecular weight excluding hydrogens is 252 g/mol. The van der Waals surface area contributed by atoms with E-state index in [0.29, 0.717) is 11.1 Å². The maximum absolute atomic E-state index is 11.6. The summed E-state index contributed by atoms with van der Waals surface area (Å²) in [5.74, 6) is -0.550. The highest BCUT2D eigenvalue weighted by atomic mass is 16.3. The summed E-state index contributed by atoms with van der Waals surface area (Å²) in [6.07, 6.45) is 3.47. The molecule has 0 saturated carbocycles. The second-order valence-electron chi connectivity index (χ2n) is 4.50. The Balaban J connectivity index is 2.34. The van der Waals surface area contributed by atoms with Crippen LogP contribution in [0.25, 0.3) is 21.9 Å². The van der Waals surface area contributed by atoms with Crippen molar-refractivity contribution in [3.8, 4) is 16.9 Å². The van der Waals surface area contributed by atoms with E-state index in [4.69, 9.17) is 5.73 Å². The van der Waals surface area contributed by atoms with Gasteiger partial charge < -0.3 is 10.8 Å². The zero-order chi connectivity index (χ0) is 14.1. The summed E-state index contributed by atoms with van der Waals surface area (Å²) in [6, 6.07) is 12.3. The second-order valence-corrected chi connectivity index (χ2v) is 4.50. The van der Waals surface area contributed by atoms with Crippen LogP contribution >= 0.6 is 0 Å². The van der Waals surface area contributed by atoms with Gasteiger partial charge in [0.2, 0.25) is 5.91 Å². The largest absolute Gasteiger partial charge is 0.508 e. The van der Waals surface area contributed by atoms with E-state index in [1.165, 1.54) is 6.07 Å². The Hall–Kier alpha value is -2.88. The molecule has 0 unspecified atom stereocenters. The molecule has 0 radical (unpaired) electrons. The highest BCUT2D eigenvalue weighted by Gasteiger charge is 2.13. The topological polar surface area (TPSA) is 76.2 Å². The molecule has 0 aliphatic rings. The molecule has 0 aliphatic heterocycles. The molecule has 0 fully saturated rings. The molecular formula is C16H12N2O2. The Labute approximate surface area is 115 Å². The molecule has 0 aliphatic carbocycles. The van der Waals surface area contributed by atoms with Gasteiger partial charge >= 0.3 is 0 Å². The average Bonchev–Trinajstić information content (AvgIpc) is 2.46. The number of primary amides is 1. The fourth-order valence-electron chi connectivity index (χ4n) is 2.33. The number of fused-ring (bicyclic) bond motifs is 1. The minimum atomic E-state index is -0.568. The maximum atomic E-state index is 11.6. The number of phenols is 1. The number of rotatable bonds is 2. The van der Waals surface area contributed by atoms with Gasteiger partial charge in [-0.1, -0.05) is 18.2 Å². The Kier molecular flexibility index (Phi) is 2.84. The predicted octanol–water partition coefficient (Wildman–Crippen LogP) is 2.71. The third-order valence-corrected chi connectivity index (χ3v) is 3.24. The SMILES string of the molecule is NC(=O)c1cc(O)ccc1-c1cccc2cnccc12. The predicted molar refractivity (Wildman–Crippen MR) is 77.4 cm³/mol. The molecule has 3 N–H and O–H groups in total. The standard InChI is InChI=1S/C16H12N2O2/c17-16(20)15-8-11(19)4-5-14(15)13-3-1-2-10-9-18-7-6-12(10)13/h1-9,19H,(H2,17,20). The molecule has 98 valence electrons. The summed E-state index contributed by atoms with van der Waals surface area (Å²) in [5, 5.41) is 11.5. The van der Waals surface area contributed by atoms with Gasteiger partial charge in [0, 0.05) is 17.8 Å². The summed E-state index contributed by atoms with van der Waals surface area (Å²) in [4.78, 5) is 15.7. The summed E-state index contributed by atoms with van der Waals surface area (Å²) < 4.78 is 0. The van der Waals surface area contributed by atoms with Gasteiger partial charge in [0.25, 0.3) is 0 Å². The molecule has 1 amide bonds. The monoisotopic (exact) mass is 264 g/mol. The van der Waals surface area contributed by atoms with Crippen molar-refractivity contribution in [1.82, 2.24) is 4.98 Å². The number of benzene rings is 2. The van der Waals surface area contributed by atoms with Gasteiger partial charge in [-0.05, 0) is 40.8 Å². The van der Waals surface area contributed by atoms with Crippen LogP contribution in [0.1, 0.15) is 10.4 Å². The van der Waals surface area contributed by atoms with E-state index in [2.05, 4.69) is 4.98 Å². The molecule has 1 aromatic heterocycles. The number of carbonyl (C=O) groups excluding carboxylic acids is 1. The van der Waals surface area contributed by atoms with Crippen LogP contribution < -0.4 is 5.73 Å². The van der Waals surface area contributed by atoms with E-state index in [1.54, 1.807) is 24.5 Å². The zero-order valence-electron chi connectivity index (χ0n) is 10.6. The van der Waals surface area contributed by atoms with Crippen LogP contribution in [-0.4, -0.2) is 16.0 Å². The average molecular weight is 264 g/mol. The second kappa shape index (κ2) is 4.66. The van der Waals surface area contributed by atoms with Crippen molar-refractivity contribution >= 4 is 16.7 Å². The first-order valence-corrected chi connectivity index (χ1v) is 6.13. The Morgan fingerprint density at radius 3 is 2.75 bits per heavy atom. The van der Waals surface area contributed by atoms with Crippen molar-refractivity contribution in [2.24, 2.45) is 5.73 Å². The number of phenolic OH excluding ortho intramolecular Hbond substituents is 1. The Morgan fingerprint density at radius 1 is 1.10 bits per heavy atom. The van der Waals surface area contributed by atoms with Crippen LogP contribution in [-0.2, 0) is 0 Å². The van der Waals surface area contributed by atoms with Crippen LogP contribution in [0.2, 0.25) is 0 Å². The van der Waals surface area contributed by atoms with Gasteiger partial charge in [0.1, 0.15) is 5.75 Å². The fraction of sp³-hybridized carbons (Fsp3) is 0. The first-order chi connectivity index (χ1) is 9.66. The van der Waals surface area contributed by atoms with Crippen LogP contribution in [0, 0.1) is 0 Å². The van der Waals surface area contributed by atoms with E-state index >= 15 is 0 Å². The molecule has 0 bridgehead atoms. The molecule has 0 spiro atoms. The summed E-state index contributed by atoms with van der Waals surface area (Å²) in [5.41, 5.74) is 7.29. The van der Waals surface area contributed by atoms with Crippen molar-refractivity contribution in [2.45, 2.75) is 0 Å². The highest BCUT2D eigenvalue weighted by Crippen LogP contribution is 2.32. The lowest BCUT2D eigenvalue weighted by Crippen LogP contribution is -2.12. The van der Waals surface area contributed by atoms with Gasteiger partial charge in [-0.25, -0.2) is 0 Å². The number of hydrogen-bond donors (Lipinski definition) is 2.